The summed E-state index contributed by atoms with van der Waals surface area (Å²) in [6.45, 7) is 3.31. The molecule has 0 saturated heterocycles. The molecule has 0 heterocycles. The number of phenols is 2. The largest absolute Gasteiger partial charge is 0.508 e. The quantitative estimate of drug-likeness (QED) is 0.696. The van der Waals surface area contributed by atoms with Crippen LogP contribution in [0.15, 0.2) is 24.3 Å². The Kier molecular flexibility index (Phi) is 4.50. The fourth-order valence-corrected chi connectivity index (χ4v) is 2.62. The van der Waals surface area contributed by atoms with Gasteiger partial charge in [-0.15, -0.1) is 0 Å². The smallest absolute Gasteiger partial charge is 0.121 e. The number of aryl methyl sites for hydroxylation is 2. The Hall–Kier alpha value is -2.04. The molecule has 4 N–H and O–H groups in total. The van der Waals surface area contributed by atoms with E-state index in [-0.39, 0.29) is 24.7 Å². The van der Waals surface area contributed by atoms with Gasteiger partial charge in [0, 0.05) is 11.1 Å². The molecule has 0 radical (unpaired) electrons. The van der Waals surface area contributed by atoms with Crippen molar-refractivity contribution < 1.29 is 20.4 Å². The van der Waals surface area contributed by atoms with E-state index in [0.717, 1.165) is 22.3 Å². The molecular formula is C17H20O4. The third-order valence-corrected chi connectivity index (χ3v) is 3.95. The maximum Gasteiger partial charge on any atom is 0.121 e. The van der Waals surface area contributed by atoms with Gasteiger partial charge in [-0.1, -0.05) is 12.1 Å². The van der Waals surface area contributed by atoms with Crippen LogP contribution in [-0.2, 0) is 19.6 Å². The molecule has 21 heavy (non-hydrogen) atoms. The molecule has 0 atom stereocenters. The topological polar surface area (TPSA) is 80.9 Å². The fraction of sp³-hybridized carbons (Fsp3) is 0.294. The molecule has 0 saturated carbocycles. The van der Waals surface area contributed by atoms with E-state index >= 15 is 0 Å². The molecule has 4 nitrogen and oxygen atoms in total. The van der Waals surface area contributed by atoms with Crippen LogP contribution in [0, 0.1) is 13.8 Å². The van der Waals surface area contributed by atoms with Crippen molar-refractivity contribution in [1.29, 1.82) is 0 Å². The number of benzene rings is 2. The summed E-state index contributed by atoms with van der Waals surface area (Å²) in [5, 5.41) is 38.8. The molecule has 0 aliphatic rings. The van der Waals surface area contributed by atoms with Crippen LogP contribution in [0.2, 0.25) is 0 Å². The first-order chi connectivity index (χ1) is 9.99. The molecule has 2 rings (SSSR count). The zero-order chi connectivity index (χ0) is 15.6. The Morgan fingerprint density at radius 1 is 0.667 bits per heavy atom. The summed E-state index contributed by atoms with van der Waals surface area (Å²) in [6, 6.07) is 6.71. The van der Waals surface area contributed by atoms with E-state index in [4.69, 9.17) is 0 Å². The summed E-state index contributed by atoms with van der Waals surface area (Å²) in [5.41, 5.74) is 4.51. The second-order valence-corrected chi connectivity index (χ2v) is 5.21. The summed E-state index contributed by atoms with van der Waals surface area (Å²) in [7, 11) is 0. The molecule has 0 bridgehead atoms. The van der Waals surface area contributed by atoms with Gasteiger partial charge in [-0.05, 0) is 54.7 Å². The molecule has 0 aliphatic carbocycles. The van der Waals surface area contributed by atoms with E-state index in [2.05, 4.69) is 0 Å². The minimum atomic E-state index is -0.255. The molecule has 112 valence electrons. The van der Waals surface area contributed by atoms with E-state index in [0.29, 0.717) is 17.5 Å². The monoisotopic (exact) mass is 288 g/mol. The Morgan fingerprint density at radius 2 is 1.05 bits per heavy atom. The lowest BCUT2D eigenvalue weighted by molar-refractivity contribution is 0.273. The first-order valence-electron chi connectivity index (χ1n) is 6.82. The number of hydrogen-bond acceptors (Lipinski definition) is 4. The minimum Gasteiger partial charge on any atom is -0.508 e. The summed E-state index contributed by atoms with van der Waals surface area (Å²) in [5.74, 6) is 0.114. The molecule has 2 aromatic carbocycles. The molecule has 0 fully saturated rings. The number of aliphatic hydroxyl groups is 2. The Balaban J connectivity index is 2.58. The highest BCUT2D eigenvalue weighted by Crippen LogP contribution is 2.31. The maximum absolute atomic E-state index is 9.89. The van der Waals surface area contributed by atoms with Crippen molar-refractivity contribution in [3.63, 3.8) is 0 Å². The highest BCUT2D eigenvalue weighted by Gasteiger charge is 2.16. The SMILES string of the molecule is Cc1ccc(O)c(CO)c1Cc1c(C)ccc(O)c1CO. The van der Waals surface area contributed by atoms with Crippen LogP contribution in [0.5, 0.6) is 11.5 Å². The Bertz CT molecular complexity index is 605. The highest BCUT2D eigenvalue weighted by molar-refractivity contribution is 5.50. The zero-order valence-corrected chi connectivity index (χ0v) is 12.2. The second-order valence-electron chi connectivity index (χ2n) is 5.21. The predicted octanol–water partition coefficient (Wildman–Crippen LogP) is 2.29. The average Bonchev–Trinajstić information content (AvgIpc) is 2.47. The summed E-state index contributed by atoms with van der Waals surface area (Å²) in [4.78, 5) is 0. The molecular weight excluding hydrogens is 268 g/mol. The van der Waals surface area contributed by atoms with Crippen LogP contribution in [0.4, 0.5) is 0 Å². The predicted molar refractivity (Wildman–Crippen MR) is 80.3 cm³/mol. The average molecular weight is 288 g/mol. The molecule has 4 heteroatoms. The molecule has 0 spiro atoms. The van der Waals surface area contributed by atoms with Gasteiger partial charge in [-0.25, -0.2) is 0 Å². The number of aliphatic hydroxyl groups excluding tert-OH is 2. The van der Waals surface area contributed by atoms with Crippen molar-refractivity contribution >= 4 is 0 Å². The summed E-state index contributed by atoms with van der Waals surface area (Å²) >= 11 is 0. The molecule has 0 unspecified atom stereocenters. The second kappa shape index (κ2) is 6.16. The lowest BCUT2D eigenvalue weighted by Gasteiger charge is -2.17. The van der Waals surface area contributed by atoms with Gasteiger partial charge in [-0.2, -0.15) is 0 Å². The Labute approximate surface area is 123 Å². The van der Waals surface area contributed by atoms with E-state index < -0.39 is 0 Å². The Morgan fingerprint density at radius 3 is 1.38 bits per heavy atom. The third kappa shape index (κ3) is 2.86. The van der Waals surface area contributed by atoms with Crippen LogP contribution in [0.3, 0.4) is 0 Å². The lowest BCUT2D eigenvalue weighted by Crippen LogP contribution is -2.04. The van der Waals surface area contributed by atoms with Crippen molar-refractivity contribution in [3.05, 3.63) is 57.6 Å². The summed E-state index contributed by atoms with van der Waals surface area (Å²) < 4.78 is 0. The number of hydrogen-bond donors (Lipinski definition) is 4. The molecule has 0 aliphatic heterocycles. The molecule has 0 aromatic heterocycles. The minimum absolute atomic E-state index is 0.0569. The highest BCUT2D eigenvalue weighted by atomic mass is 16.3. The maximum atomic E-state index is 9.89. The summed E-state index contributed by atoms with van der Waals surface area (Å²) in [6.07, 6.45) is 0.437. The van der Waals surface area contributed by atoms with Crippen LogP contribution in [0.25, 0.3) is 0 Å². The standard InChI is InChI=1S/C17H20O4/c1-10-3-5-16(20)14(8-18)12(10)7-13-11(2)4-6-17(21)15(13)9-19/h3-6,18-21H,7-9H2,1-2H3. The van der Waals surface area contributed by atoms with Gasteiger partial charge in [-0.3, -0.25) is 0 Å². The van der Waals surface area contributed by atoms with Crippen molar-refractivity contribution in [2.75, 3.05) is 0 Å². The fourth-order valence-electron chi connectivity index (χ4n) is 2.62. The van der Waals surface area contributed by atoms with Gasteiger partial charge in [0.25, 0.3) is 0 Å². The third-order valence-electron chi connectivity index (χ3n) is 3.95. The number of rotatable bonds is 4. The van der Waals surface area contributed by atoms with Gasteiger partial charge in [0.2, 0.25) is 0 Å². The molecule has 2 aromatic rings. The normalized spacial score (nSPS) is 10.9. The first-order valence-corrected chi connectivity index (χ1v) is 6.82. The zero-order valence-electron chi connectivity index (χ0n) is 12.2. The van der Waals surface area contributed by atoms with Crippen molar-refractivity contribution in [2.45, 2.75) is 33.5 Å². The van der Waals surface area contributed by atoms with Crippen LogP contribution in [0.1, 0.15) is 33.4 Å². The number of aromatic hydroxyl groups is 2. The van der Waals surface area contributed by atoms with E-state index in [1.807, 2.05) is 13.8 Å². The van der Waals surface area contributed by atoms with Gasteiger partial charge in [0.15, 0.2) is 0 Å². The van der Waals surface area contributed by atoms with E-state index in [1.54, 1.807) is 24.3 Å². The van der Waals surface area contributed by atoms with Crippen LogP contribution in [-0.4, -0.2) is 20.4 Å². The first kappa shape index (κ1) is 15.4. The van der Waals surface area contributed by atoms with E-state index in [1.165, 1.54) is 0 Å². The van der Waals surface area contributed by atoms with Gasteiger partial charge < -0.3 is 20.4 Å². The van der Waals surface area contributed by atoms with Crippen LogP contribution >= 0.6 is 0 Å². The van der Waals surface area contributed by atoms with Crippen molar-refractivity contribution in [1.82, 2.24) is 0 Å². The van der Waals surface area contributed by atoms with Gasteiger partial charge in [0.05, 0.1) is 13.2 Å². The lowest BCUT2D eigenvalue weighted by atomic mass is 9.90. The van der Waals surface area contributed by atoms with Crippen LogP contribution < -0.4 is 0 Å². The van der Waals surface area contributed by atoms with Gasteiger partial charge in [0.1, 0.15) is 11.5 Å². The van der Waals surface area contributed by atoms with Crippen molar-refractivity contribution in [2.24, 2.45) is 0 Å². The van der Waals surface area contributed by atoms with Crippen molar-refractivity contribution in [3.8, 4) is 11.5 Å². The van der Waals surface area contributed by atoms with E-state index in [9.17, 15) is 20.4 Å². The van der Waals surface area contributed by atoms with Gasteiger partial charge >= 0.3 is 0 Å². The molecule has 0 amide bonds.